The van der Waals surface area contributed by atoms with Crippen molar-refractivity contribution in [2.45, 2.75) is 129 Å². The van der Waals surface area contributed by atoms with Crippen molar-refractivity contribution in [1.29, 1.82) is 0 Å². The van der Waals surface area contributed by atoms with E-state index in [1.54, 1.807) is 13.8 Å². The number of carbonyl (C=O) groups is 5. The van der Waals surface area contributed by atoms with Gasteiger partial charge in [-0.2, -0.15) is 0 Å². The average molecular weight is 902 g/mol. The van der Waals surface area contributed by atoms with E-state index in [2.05, 4.69) is 6.58 Å². The van der Waals surface area contributed by atoms with Crippen LogP contribution in [0.25, 0.3) is 0 Å². The van der Waals surface area contributed by atoms with Gasteiger partial charge < -0.3 is 47.4 Å². The molecule has 0 aromatic heterocycles. The smallest absolute Gasteiger partial charge is 0.303 e. The van der Waals surface area contributed by atoms with Gasteiger partial charge in [0.1, 0.15) is 43.2 Å². The van der Waals surface area contributed by atoms with Crippen molar-refractivity contribution in [2.24, 2.45) is 5.41 Å². The number of rotatable bonds is 20. The second-order valence-corrected chi connectivity index (χ2v) is 16.9. The highest BCUT2D eigenvalue weighted by atomic mass is 16.8. The lowest BCUT2D eigenvalue weighted by molar-refractivity contribution is -0.367. The third-order valence-electron chi connectivity index (χ3n) is 11.0. The van der Waals surface area contributed by atoms with E-state index in [9.17, 15) is 24.0 Å². The van der Waals surface area contributed by atoms with Gasteiger partial charge in [-0.1, -0.05) is 111 Å². The maximum Gasteiger partial charge on any atom is 0.303 e. The molecule has 350 valence electrons. The highest BCUT2D eigenvalue weighted by Gasteiger charge is 2.59. The molecular formula is C49H59NO15. The van der Waals surface area contributed by atoms with Crippen LogP contribution >= 0.6 is 0 Å². The lowest BCUT2D eigenvalue weighted by Crippen LogP contribution is -2.71. The standard InChI is InChI=1S/C49H59NO15/c1-7-23-57-48-46(65-47-41(50-39(54)24-49(5,6)25-40(50)55)44(62-33(4)53)43(61-32(3)52)38(63-47)30-58-31(2)51)45(60-28-36-21-15-10-16-22-36)42(59-27-35-19-13-9-14-20-35)37(64-48)29-56-26-34-17-11-8-12-18-34/h7-22,37-38,41-48H,1,23-30H2,2-6H3/t37-,38-,41-,42-,43-,44-,45+,46+,47+,48+/m1/s1. The van der Waals surface area contributed by atoms with E-state index in [1.807, 2.05) is 91.0 Å². The van der Waals surface area contributed by atoms with Crippen molar-refractivity contribution in [3.05, 3.63) is 120 Å². The molecule has 6 rings (SSSR count). The molecule has 65 heavy (non-hydrogen) atoms. The predicted molar refractivity (Wildman–Crippen MR) is 231 cm³/mol. The Hall–Kier alpha value is -5.33. The lowest BCUT2D eigenvalue weighted by Gasteiger charge is -2.52. The Bertz CT molecular complexity index is 2030. The number of hydrogen-bond acceptors (Lipinski definition) is 15. The van der Waals surface area contributed by atoms with Gasteiger partial charge in [0.25, 0.3) is 0 Å². The summed E-state index contributed by atoms with van der Waals surface area (Å²) in [6.07, 6.45) is -10.0. The summed E-state index contributed by atoms with van der Waals surface area (Å²) in [5, 5.41) is 0. The second kappa shape index (κ2) is 23.2. The van der Waals surface area contributed by atoms with Crippen LogP contribution in [-0.2, 0) is 91.2 Å². The Labute approximate surface area is 379 Å². The average Bonchev–Trinajstić information content (AvgIpc) is 3.26. The molecule has 0 saturated carbocycles. The van der Waals surface area contributed by atoms with E-state index in [4.69, 9.17) is 47.4 Å². The monoisotopic (exact) mass is 901 g/mol. The largest absolute Gasteiger partial charge is 0.463 e. The van der Waals surface area contributed by atoms with Crippen LogP contribution in [0.2, 0.25) is 0 Å². The van der Waals surface area contributed by atoms with Crippen molar-refractivity contribution >= 4 is 29.7 Å². The Kier molecular flexibility index (Phi) is 17.5. The van der Waals surface area contributed by atoms with Gasteiger partial charge in [0.2, 0.25) is 11.8 Å². The van der Waals surface area contributed by atoms with Crippen molar-refractivity contribution in [1.82, 2.24) is 4.90 Å². The third-order valence-corrected chi connectivity index (χ3v) is 11.0. The van der Waals surface area contributed by atoms with Gasteiger partial charge in [0.15, 0.2) is 24.8 Å². The lowest BCUT2D eigenvalue weighted by atomic mass is 9.80. The second-order valence-electron chi connectivity index (χ2n) is 16.9. The Morgan fingerprint density at radius 1 is 0.631 bits per heavy atom. The molecule has 3 aliphatic rings. The van der Waals surface area contributed by atoms with Crippen LogP contribution in [0.3, 0.4) is 0 Å². The molecule has 3 saturated heterocycles. The van der Waals surface area contributed by atoms with Gasteiger partial charge >= 0.3 is 17.9 Å². The van der Waals surface area contributed by atoms with E-state index in [0.29, 0.717) is 0 Å². The van der Waals surface area contributed by atoms with Gasteiger partial charge in [-0.3, -0.25) is 28.9 Å². The molecule has 3 aromatic rings. The first-order valence-corrected chi connectivity index (χ1v) is 21.7. The number of likely N-dealkylation sites (tertiary alicyclic amines) is 1. The van der Waals surface area contributed by atoms with Gasteiger partial charge in [-0.25, -0.2) is 0 Å². The van der Waals surface area contributed by atoms with Gasteiger partial charge in [0, 0.05) is 33.6 Å². The van der Waals surface area contributed by atoms with Crippen LogP contribution < -0.4 is 0 Å². The molecule has 0 N–H and O–H groups in total. The molecule has 16 heteroatoms. The minimum Gasteiger partial charge on any atom is -0.463 e. The third kappa shape index (κ3) is 13.6. The van der Waals surface area contributed by atoms with Crippen LogP contribution in [0.15, 0.2) is 104 Å². The summed E-state index contributed by atoms with van der Waals surface area (Å²) >= 11 is 0. The Morgan fingerprint density at radius 2 is 1.12 bits per heavy atom. The first-order chi connectivity index (χ1) is 31.2. The molecule has 10 atom stereocenters. The number of benzene rings is 3. The first-order valence-electron chi connectivity index (χ1n) is 21.7. The number of hydrogen-bond donors (Lipinski definition) is 0. The van der Waals surface area contributed by atoms with Crippen LogP contribution in [-0.4, -0.2) is 116 Å². The van der Waals surface area contributed by atoms with Crippen molar-refractivity contribution < 1.29 is 71.3 Å². The van der Waals surface area contributed by atoms with Gasteiger partial charge in [-0.15, -0.1) is 6.58 Å². The number of amides is 2. The van der Waals surface area contributed by atoms with Gasteiger partial charge in [0.05, 0.1) is 33.0 Å². The van der Waals surface area contributed by atoms with Crippen LogP contribution in [0.1, 0.15) is 64.2 Å². The molecule has 3 aromatic carbocycles. The van der Waals surface area contributed by atoms with Crippen LogP contribution in [0, 0.1) is 5.41 Å². The summed E-state index contributed by atoms with van der Waals surface area (Å²) in [7, 11) is 0. The molecule has 0 spiro atoms. The molecular weight excluding hydrogens is 843 g/mol. The number of imide groups is 1. The quantitative estimate of drug-likeness (QED) is 0.0610. The minimum absolute atomic E-state index is 0.0180. The van der Waals surface area contributed by atoms with Crippen molar-refractivity contribution in [3.63, 3.8) is 0 Å². The fraction of sp³-hybridized carbons (Fsp3) is 0.490. The summed E-state index contributed by atoms with van der Waals surface area (Å²) in [6.45, 7) is 10.8. The maximum atomic E-state index is 14.2. The molecule has 2 amide bonds. The minimum atomic E-state index is -1.67. The Morgan fingerprint density at radius 3 is 1.65 bits per heavy atom. The molecule has 0 bridgehead atoms. The van der Waals surface area contributed by atoms with Crippen LogP contribution in [0.5, 0.6) is 0 Å². The summed E-state index contributed by atoms with van der Waals surface area (Å²) < 4.78 is 63.5. The van der Waals surface area contributed by atoms with E-state index in [1.165, 1.54) is 13.0 Å². The summed E-state index contributed by atoms with van der Waals surface area (Å²) in [5.41, 5.74) is 1.90. The van der Waals surface area contributed by atoms with Crippen molar-refractivity contribution in [2.75, 3.05) is 19.8 Å². The molecule has 3 aliphatic heterocycles. The number of nitrogens with zero attached hydrogens (tertiary/aromatic N) is 1. The Balaban J connectivity index is 1.46. The summed E-state index contributed by atoms with van der Waals surface area (Å²) in [5.74, 6) is -3.53. The van der Waals surface area contributed by atoms with E-state index in [-0.39, 0.29) is 45.9 Å². The fourth-order valence-electron chi connectivity index (χ4n) is 8.19. The van der Waals surface area contributed by atoms with E-state index >= 15 is 0 Å². The number of ether oxygens (including phenoxy) is 10. The molecule has 16 nitrogen and oxygen atoms in total. The zero-order chi connectivity index (χ0) is 46.5. The maximum absolute atomic E-state index is 14.2. The van der Waals surface area contributed by atoms with E-state index < -0.39 is 103 Å². The number of carbonyl (C=O) groups excluding carboxylic acids is 5. The molecule has 0 radical (unpaired) electrons. The van der Waals surface area contributed by atoms with Gasteiger partial charge in [-0.05, 0) is 22.1 Å². The van der Waals surface area contributed by atoms with Crippen molar-refractivity contribution in [3.8, 4) is 0 Å². The molecule has 3 fully saturated rings. The normalized spacial score (nSPS) is 27.7. The first kappa shape index (κ1) is 49.1. The zero-order valence-corrected chi connectivity index (χ0v) is 37.4. The van der Waals surface area contributed by atoms with E-state index in [0.717, 1.165) is 35.4 Å². The number of piperidine rings is 1. The molecule has 0 unspecified atom stereocenters. The topological polar surface area (TPSA) is 181 Å². The summed E-state index contributed by atoms with van der Waals surface area (Å²) in [4.78, 5) is 67.3. The zero-order valence-electron chi connectivity index (χ0n) is 37.4. The predicted octanol–water partition coefficient (Wildman–Crippen LogP) is 5.38. The highest BCUT2D eigenvalue weighted by Crippen LogP contribution is 2.40. The molecule has 3 heterocycles. The van der Waals surface area contributed by atoms with Crippen LogP contribution in [0.4, 0.5) is 0 Å². The highest BCUT2D eigenvalue weighted by molar-refractivity contribution is 5.99. The number of esters is 3. The SMILES string of the molecule is C=CCO[C@H]1O[C@H](COCc2ccccc2)[C@@H](OCc2ccccc2)[C@H](OCc2ccccc2)[C@@H]1O[C@@H]1O[C@H](COC(C)=O)[C@@H](OC(C)=O)[C@H](OC(C)=O)[C@H]1N1C(=O)CC(C)(C)CC1=O. The molecule has 0 aliphatic carbocycles. The fourth-order valence-corrected chi connectivity index (χ4v) is 8.19. The summed E-state index contributed by atoms with van der Waals surface area (Å²) in [6, 6.07) is 27.0.